The van der Waals surface area contributed by atoms with Crippen molar-refractivity contribution in [1.82, 2.24) is 0 Å². The highest BCUT2D eigenvalue weighted by molar-refractivity contribution is 5.82. The van der Waals surface area contributed by atoms with Gasteiger partial charge in [-0.1, -0.05) is 50.1 Å². The molecule has 1 aromatic heterocycles. The molecular formula is C26H34O2. The molecule has 0 saturated heterocycles. The van der Waals surface area contributed by atoms with E-state index in [1.165, 1.54) is 44.1 Å². The molecule has 2 nitrogen and oxygen atoms in total. The quantitative estimate of drug-likeness (QED) is 0.338. The molecule has 0 unspecified atom stereocenters. The number of fused-ring (bicyclic) bond motifs is 1. The molecule has 1 aliphatic carbocycles. The van der Waals surface area contributed by atoms with Crippen LogP contribution in [0, 0.1) is 5.92 Å². The van der Waals surface area contributed by atoms with E-state index in [4.69, 9.17) is 4.42 Å². The standard InChI is InChI=1S/C26H34O2/c1-3-5-7-9-10-20-12-14-21(15-13-20)22-16-17-23-18-24(11-8-6-4-2)28-26(27)25(23)19-22/h3,9-10,16-21H,1,4-8,11-15H2,2H3/b10-9+. The van der Waals surface area contributed by atoms with Crippen molar-refractivity contribution in [3.63, 3.8) is 0 Å². The van der Waals surface area contributed by atoms with E-state index in [1.54, 1.807) is 0 Å². The van der Waals surface area contributed by atoms with Crippen molar-refractivity contribution in [2.45, 2.75) is 77.0 Å². The molecule has 2 heteroatoms. The lowest BCUT2D eigenvalue weighted by Crippen LogP contribution is -2.12. The molecule has 1 fully saturated rings. The van der Waals surface area contributed by atoms with Gasteiger partial charge in [-0.3, -0.25) is 0 Å². The van der Waals surface area contributed by atoms with E-state index in [-0.39, 0.29) is 5.63 Å². The fourth-order valence-corrected chi connectivity index (χ4v) is 4.33. The third-order valence-electron chi connectivity index (χ3n) is 6.05. The van der Waals surface area contributed by atoms with Gasteiger partial charge in [-0.2, -0.15) is 0 Å². The van der Waals surface area contributed by atoms with Crippen LogP contribution in [0.2, 0.25) is 0 Å². The van der Waals surface area contributed by atoms with E-state index in [0.29, 0.717) is 11.8 Å². The van der Waals surface area contributed by atoms with Gasteiger partial charge in [0.25, 0.3) is 0 Å². The van der Waals surface area contributed by atoms with Crippen molar-refractivity contribution in [2.75, 3.05) is 0 Å². The van der Waals surface area contributed by atoms with E-state index in [1.807, 2.05) is 6.08 Å². The molecule has 28 heavy (non-hydrogen) atoms. The first-order valence-electron chi connectivity index (χ1n) is 11.1. The molecule has 3 rings (SSSR count). The summed E-state index contributed by atoms with van der Waals surface area (Å²) in [5.74, 6) is 2.09. The maximum absolute atomic E-state index is 12.5. The first kappa shape index (κ1) is 20.6. The normalized spacial score (nSPS) is 20.0. The van der Waals surface area contributed by atoms with E-state index in [9.17, 15) is 4.79 Å². The average Bonchev–Trinajstić information content (AvgIpc) is 2.72. The molecule has 0 aliphatic heterocycles. The Bertz CT molecular complexity index is 850. The predicted octanol–water partition coefficient (Wildman–Crippen LogP) is 7.32. The van der Waals surface area contributed by atoms with Crippen LogP contribution < -0.4 is 5.63 Å². The Labute approximate surface area is 169 Å². The molecule has 0 bridgehead atoms. The summed E-state index contributed by atoms with van der Waals surface area (Å²) in [7, 11) is 0. The highest BCUT2D eigenvalue weighted by Crippen LogP contribution is 2.37. The lowest BCUT2D eigenvalue weighted by Gasteiger charge is -2.27. The summed E-state index contributed by atoms with van der Waals surface area (Å²) < 4.78 is 5.59. The predicted molar refractivity (Wildman–Crippen MR) is 119 cm³/mol. The smallest absolute Gasteiger partial charge is 0.343 e. The van der Waals surface area contributed by atoms with Crippen LogP contribution >= 0.6 is 0 Å². The van der Waals surface area contributed by atoms with Crippen LogP contribution in [0.15, 0.2) is 58.3 Å². The Balaban J connectivity index is 1.65. The van der Waals surface area contributed by atoms with Crippen molar-refractivity contribution in [1.29, 1.82) is 0 Å². The zero-order valence-electron chi connectivity index (χ0n) is 17.3. The summed E-state index contributed by atoms with van der Waals surface area (Å²) in [5.41, 5.74) is 1.12. The van der Waals surface area contributed by atoms with E-state index < -0.39 is 0 Å². The highest BCUT2D eigenvalue weighted by atomic mass is 16.4. The molecular weight excluding hydrogens is 344 g/mol. The van der Waals surface area contributed by atoms with Gasteiger partial charge in [-0.15, -0.1) is 6.58 Å². The van der Waals surface area contributed by atoms with Crippen LogP contribution in [0.1, 0.15) is 82.0 Å². The molecule has 2 aromatic rings. The van der Waals surface area contributed by atoms with Crippen molar-refractivity contribution in [2.24, 2.45) is 5.92 Å². The largest absolute Gasteiger partial charge is 0.427 e. The molecule has 1 heterocycles. The number of benzene rings is 1. The Kier molecular flexibility index (Phi) is 7.71. The van der Waals surface area contributed by atoms with Gasteiger partial charge in [0.2, 0.25) is 0 Å². The van der Waals surface area contributed by atoms with Gasteiger partial charge >= 0.3 is 5.63 Å². The minimum Gasteiger partial charge on any atom is -0.427 e. The van der Waals surface area contributed by atoms with Crippen LogP contribution in [-0.4, -0.2) is 0 Å². The van der Waals surface area contributed by atoms with Gasteiger partial charge < -0.3 is 4.42 Å². The average molecular weight is 379 g/mol. The first-order valence-corrected chi connectivity index (χ1v) is 11.1. The molecule has 0 radical (unpaired) electrons. The first-order chi connectivity index (χ1) is 13.7. The second-order valence-electron chi connectivity index (χ2n) is 8.21. The fraction of sp³-hybridized carbons (Fsp3) is 0.500. The van der Waals surface area contributed by atoms with Crippen LogP contribution in [-0.2, 0) is 6.42 Å². The minimum atomic E-state index is -0.176. The van der Waals surface area contributed by atoms with Gasteiger partial charge in [0.1, 0.15) is 5.76 Å². The van der Waals surface area contributed by atoms with Crippen molar-refractivity contribution in [3.8, 4) is 0 Å². The summed E-state index contributed by atoms with van der Waals surface area (Å²) >= 11 is 0. The monoisotopic (exact) mass is 378 g/mol. The minimum absolute atomic E-state index is 0.176. The molecule has 1 aliphatic rings. The second-order valence-corrected chi connectivity index (χ2v) is 8.21. The number of hydrogen-bond donors (Lipinski definition) is 0. The third-order valence-corrected chi connectivity index (χ3v) is 6.05. The Morgan fingerprint density at radius 2 is 1.93 bits per heavy atom. The third kappa shape index (κ3) is 5.47. The van der Waals surface area contributed by atoms with Gasteiger partial charge in [0.05, 0.1) is 5.39 Å². The Morgan fingerprint density at radius 1 is 1.11 bits per heavy atom. The summed E-state index contributed by atoms with van der Waals surface area (Å²) in [5, 5.41) is 1.76. The zero-order chi connectivity index (χ0) is 19.8. The fourth-order valence-electron chi connectivity index (χ4n) is 4.33. The molecule has 0 atom stereocenters. The number of rotatable bonds is 9. The Hall–Kier alpha value is -2.09. The summed E-state index contributed by atoms with van der Waals surface area (Å²) in [6.45, 7) is 5.96. The van der Waals surface area contributed by atoms with Crippen LogP contribution in [0.3, 0.4) is 0 Å². The van der Waals surface area contributed by atoms with Crippen molar-refractivity contribution in [3.05, 3.63) is 70.8 Å². The molecule has 0 N–H and O–H groups in total. The van der Waals surface area contributed by atoms with Crippen LogP contribution in [0.25, 0.3) is 10.8 Å². The maximum atomic E-state index is 12.5. The summed E-state index contributed by atoms with van der Waals surface area (Å²) in [6, 6.07) is 8.48. The molecule has 150 valence electrons. The maximum Gasteiger partial charge on any atom is 0.343 e. The lowest BCUT2D eigenvalue weighted by atomic mass is 9.78. The van der Waals surface area contributed by atoms with Gasteiger partial charge in [0, 0.05) is 6.42 Å². The van der Waals surface area contributed by atoms with Crippen LogP contribution in [0.5, 0.6) is 0 Å². The van der Waals surface area contributed by atoms with Gasteiger partial charge in [-0.05, 0) is 79.9 Å². The summed E-state index contributed by atoms with van der Waals surface area (Å²) in [4.78, 5) is 12.5. The second kappa shape index (κ2) is 10.5. The topological polar surface area (TPSA) is 30.2 Å². The molecule has 1 aromatic carbocycles. The Morgan fingerprint density at radius 3 is 2.68 bits per heavy atom. The van der Waals surface area contributed by atoms with E-state index in [2.05, 4.69) is 49.9 Å². The molecule has 0 amide bonds. The number of unbranched alkanes of at least 4 members (excludes halogenated alkanes) is 3. The SMILES string of the molecule is C=CCC/C=C/C1CCC(c2ccc3cc(CCCCC)oc(=O)c3c2)CC1. The van der Waals surface area contributed by atoms with Crippen molar-refractivity contribution < 1.29 is 4.42 Å². The number of aryl methyl sites for hydroxylation is 1. The molecule has 1 saturated carbocycles. The van der Waals surface area contributed by atoms with Gasteiger partial charge in [-0.25, -0.2) is 4.79 Å². The molecule has 0 spiro atoms. The number of hydrogen-bond acceptors (Lipinski definition) is 2. The van der Waals surface area contributed by atoms with Crippen molar-refractivity contribution >= 4 is 10.8 Å². The summed E-state index contributed by atoms with van der Waals surface area (Å²) in [6.07, 6.45) is 18.0. The van der Waals surface area contributed by atoms with Gasteiger partial charge in [0.15, 0.2) is 0 Å². The van der Waals surface area contributed by atoms with Crippen LogP contribution in [0.4, 0.5) is 0 Å². The number of allylic oxidation sites excluding steroid dienone is 3. The highest BCUT2D eigenvalue weighted by Gasteiger charge is 2.21. The lowest BCUT2D eigenvalue weighted by molar-refractivity contribution is 0.375. The van der Waals surface area contributed by atoms with E-state index >= 15 is 0 Å². The zero-order valence-corrected chi connectivity index (χ0v) is 17.3. The van der Waals surface area contributed by atoms with E-state index in [0.717, 1.165) is 42.2 Å².